The third-order valence-electron chi connectivity index (χ3n) is 6.50. The number of unbranched alkanes of at least 4 members (excludes halogenated alkanes) is 3. The molecule has 1 saturated heterocycles. The van der Waals surface area contributed by atoms with E-state index in [9.17, 15) is 0 Å². The summed E-state index contributed by atoms with van der Waals surface area (Å²) in [4.78, 5) is 0. The monoisotopic (exact) mass is 416 g/mol. The van der Waals surface area contributed by atoms with E-state index in [0.717, 1.165) is 0 Å². The van der Waals surface area contributed by atoms with E-state index in [1.807, 2.05) is 0 Å². The molecule has 130 valence electrons. The molecule has 0 aromatic heterocycles. The van der Waals surface area contributed by atoms with Crippen LogP contribution in [0.15, 0.2) is 0 Å². The van der Waals surface area contributed by atoms with Crippen LogP contribution in [0.1, 0.15) is 97.8 Å². The second kappa shape index (κ2) is 9.30. The van der Waals surface area contributed by atoms with Crippen LogP contribution < -0.4 is 0 Å². The second-order valence-electron chi connectivity index (χ2n) is 8.04. The molecule has 1 aliphatic carbocycles. The Hall–Kier alpha value is 0.759. The average Bonchev–Trinajstić information content (AvgIpc) is 3.20. The molecule has 1 aliphatic heterocycles. The van der Waals surface area contributed by atoms with Crippen molar-refractivity contribution in [2.45, 2.75) is 121 Å². The first-order valence-electron chi connectivity index (χ1n) is 10.4. The van der Waals surface area contributed by atoms with E-state index in [4.69, 9.17) is 4.74 Å². The van der Waals surface area contributed by atoms with Crippen LogP contribution in [0.2, 0.25) is 13.3 Å². The molecule has 22 heavy (non-hydrogen) atoms. The fourth-order valence-electron chi connectivity index (χ4n) is 5.09. The molecule has 0 unspecified atom stereocenters. The third kappa shape index (κ3) is 4.23. The number of epoxide rings is 1. The first-order valence-corrected chi connectivity index (χ1v) is 17.9. The summed E-state index contributed by atoms with van der Waals surface area (Å²) in [5.74, 6) is 0. The Balaban J connectivity index is 2.18. The Morgan fingerprint density at radius 1 is 0.818 bits per heavy atom. The molecule has 0 radical (unpaired) electrons. The maximum atomic E-state index is 6.68. The van der Waals surface area contributed by atoms with Crippen molar-refractivity contribution >= 4 is 18.4 Å². The number of fused-ring (bicyclic) bond motifs is 1. The standard InChI is InChI=1S/C8H13O.3C4H9.Sn/c1-2-4-6-8-7(9-8)5-3-1;3*1-3-4-2;/h7H,1-6H2;3*1,3-4H2,2H3;/t7-;;;;/m1..../s1. The molecular formula is C20H40OSn. The minimum atomic E-state index is -2.20. The van der Waals surface area contributed by atoms with Crippen LogP contribution in [-0.2, 0) is 4.74 Å². The zero-order valence-electron chi connectivity index (χ0n) is 15.6. The van der Waals surface area contributed by atoms with Gasteiger partial charge in [0, 0.05) is 0 Å². The molecule has 2 rings (SSSR count). The van der Waals surface area contributed by atoms with E-state index in [-0.39, 0.29) is 0 Å². The number of ether oxygens (including phenoxy) is 1. The summed E-state index contributed by atoms with van der Waals surface area (Å²) in [7, 11) is 0. The van der Waals surface area contributed by atoms with Gasteiger partial charge in [-0.25, -0.2) is 0 Å². The van der Waals surface area contributed by atoms with Crippen LogP contribution in [0.4, 0.5) is 0 Å². The molecule has 2 aliphatic rings. The van der Waals surface area contributed by atoms with Crippen molar-refractivity contribution in [1.82, 2.24) is 0 Å². The van der Waals surface area contributed by atoms with Gasteiger partial charge in [-0.3, -0.25) is 0 Å². The molecule has 0 spiro atoms. The van der Waals surface area contributed by atoms with Crippen LogP contribution in [0, 0.1) is 0 Å². The van der Waals surface area contributed by atoms with Crippen LogP contribution in [0.5, 0.6) is 0 Å². The van der Waals surface area contributed by atoms with E-state index < -0.39 is 18.4 Å². The molecule has 0 bridgehead atoms. The van der Waals surface area contributed by atoms with E-state index in [0.29, 0.717) is 9.72 Å². The predicted octanol–water partition coefficient (Wildman–Crippen LogP) is 6.87. The third-order valence-corrected chi connectivity index (χ3v) is 24.8. The summed E-state index contributed by atoms with van der Waals surface area (Å²) in [6.07, 6.45) is 18.0. The fourth-order valence-corrected chi connectivity index (χ4v) is 25.2. The zero-order valence-corrected chi connectivity index (χ0v) is 18.4. The molecule has 1 heterocycles. The Morgan fingerprint density at radius 2 is 1.36 bits per heavy atom. The number of hydrogen-bond acceptors (Lipinski definition) is 1. The van der Waals surface area contributed by atoms with E-state index in [2.05, 4.69) is 20.8 Å². The Kier molecular flexibility index (Phi) is 8.07. The van der Waals surface area contributed by atoms with Gasteiger partial charge < -0.3 is 0 Å². The Morgan fingerprint density at radius 3 is 1.91 bits per heavy atom. The van der Waals surface area contributed by atoms with Crippen molar-refractivity contribution in [3.63, 3.8) is 0 Å². The van der Waals surface area contributed by atoms with Crippen LogP contribution in [0.3, 0.4) is 0 Å². The Labute approximate surface area is 143 Å². The molecular weight excluding hydrogens is 375 g/mol. The van der Waals surface area contributed by atoms with Gasteiger partial charge >= 0.3 is 144 Å². The quantitative estimate of drug-likeness (QED) is 0.280. The van der Waals surface area contributed by atoms with Gasteiger partial charge in [0.25, 0.3) is 0 Å². The van der Waals surface area contributed by atoms with Crippen molar-refractivity contribution in [3.05, 3.63) is 0 Å². The minimum absolute atomic E-state index is 0.495. The van der Waals surface area contributed by atoms with E-state index in [1.54, 1.807) is 13.3 Å². The predicted molar refractivity (Wildman–Crippen MR) is 100 cm³/mol. The van der Waals surface area contributed by atoms with Crippen LogP contribution >= 0.6 is 0 Å². The first kappa shape index (κ1) is 19.1. The molecule has 0 aromatic rings. The van der Waals surface area contributed by atoms with Gasteiger partial charge in [-0.2, -0.15) is 0 Å². The first-order chi connectivity index (χ1) is 10.7. The summed E-state index contributed by atoms with van der Waals surface area (Å²) in [6.45, 7) is 7.16. The molecule has 1 nitrogen and oxygen atoms in total. The SMILES string of the molecule is CCC[CH2][Sn]([CH2]CCC)([CH2]CCC)[C@]12CCCCCC[C@H]1O2. The van der Waals surface area contributed by atoms with Crippen molar-refractivity contribution in [2.24, 2.45) is 0 Å². The van der Waals surface area contributed by atoms with Gasteiger partial charge in [-0.15, -0.1) is 0 Å². The van der Waals surface area contributed by atoms with Crippen molar-refractivity contribution in [3.8, 4) is 0 Å². The van der Waals surface area contributed by atoms with E-state index in [1.165, 1.54) is 77.0 Å². The zero-order chi connectivity index (χ0) is 15.9. The van der Waals surface area contributed by atoms with Crippen LogP contribution in [0.25, 0.3) is 0 Å². The van der Waals surface area contributed by atoms with E-state index >= 15 is 0 Å². The normalized spacial score (nSPS) is 28.8. The van der Waals surface area contributed by atoms with Gasteiger partial charge in [0.1, 0.15) is 0 Å². The van der Waals surface area contributed by atoms with Gasteiger partial charge in [0.2, 0.25) is 0 Å². The molecule has 1 saturated carbocycles. The van der Waals surface area contributed by atoms with Crippen molar-refractivity contribution < 1.29 is 4.74 Å². The summed E-state index contributed by atoms with van der Waals surface area (Å²) < 4.78 is 12.1. The maximum absolute atomic E-state index is 6.68. The average molecular weight is 415 g/mol. The molecule has 0 aromatic carbocycles. The van der Waals surface area contributed by atoms with Gasteiger partial charge in [-0.05, 0) is 0 Å². The number of rotatable bonds is 10. The topological polar surface area (TPSA) is 12.5 Å². The Bertz CT molecular complexity index is 295. The number of hydrogen-bond donors (Lipinski definition) is 0. The van der Waals surface area contributed by atoms with Crippen molar-refractivity contribution in [2.75, 3.05) is 0 Å². The molecule has 0 amide bonds. The molecule has 2 fully saturated rings. The summed E-state index contributed by atoms with van der Waals surface area (Å²) in [5, 5.41) is 0. The summed E-state index contributed by atoms with van der Waals surface area (Å²) in [5.41, 5.74) is 0. The van der Waals surface area contributed by atoms with Gasteiger partial charge in [0.05, 0.1) is 0 Å². The molecule has 0 N–H and O–H groups in total. The second-order valence-corrected chi connectivity index (χ2v) is 22.0. The van der Waals surface area contributed by atoms with Crippen molar-refractivity contribution in [1.29, 1.82) is 0 Å². The summed E-state index contributed by atoms with van der Waals surface area (Å²) in [6, 6.07) is 0. The van der Waals surface area contributed by atoms with Crippen LogP contribution in [-0.4, -0.2) is 28.1 Å². The summed E-state index contributed by atoms with van der Waals surface area (Å²) >= 11 is -2.20. The van der Waals surface area contributed by atoms with Gasteiger partial charge in [-0.1, -0.05) is 0 Å². The molecule has 2 atom stereocenters. The fraction of sp³-hybridized carbons (Fsp3) is 1.00. The molecule has 2 heteroatoms. The van der Waals surface area contributed by atoms with Gasteiger partial charge in [0.15, 0.2) is 0 Å².